The van der Waals surface area contributed by atoms with Crippen LogP contribution in [0.15, 0.2) is 64.7 Å². The first-order valence-corrected chi connectivity index (χ1v) is 5.91. The highest BCUT2D eigenvalue weighted by Crippen LogP contribution is 2.29. The van der Waals surface area contributed by atoms with Crippen LogP contribution < -0.4 is 0 Å². The lowest BCUT2D eigenvalue weighted by atomic mass is 10.2. The predicted octanol–water partition coefficient (Wildman–Crippen LogP) is 4.89. The monoisotopic (exact) mass is 248 g/mol. The highest BCUT2D eigenvalue weighted by Gasteiger charge is 2.01. The van der Waals surface area contributed by atoms with Crippen LogP contribution in [0, 0.1) is 5.82 Å². The molecule has 0 bridgehead atoms. The van der Waals surface area contributed by atoms with Crippen LogP contribution in [0.1, 0.15) is 5.56 Å². The minimum Gasteiger partial charge on any atom is -0.207 e. The van der Waals surface area contributed by atoms with Crippen molar-refractivity contribution in [2.75, 3.05) is 0 Å². The van der Waals surface area contributed by atoms with Crippen molar-refractivity contribution in [3.8, 4) is 0 Å². The summed E-state index contributed by atoms with van der Waals surface area (Å²) in [6, 6.07) is 15.1. The molecule has 0 aliphatic rings. The molecule has 3 heteroatoms. The zero-order valence-electron chi connectivity index (χ0n) is 8.94. The van der Waals surface area contributed by atoms with E-state index in [0.29, 0.717) is 4.90 Å². The molecular weight excluding hydrogens is 238 g/mol. The van der Waals surface area contributed by atoms with Crippen LogP contribution >= 0.6 is 11.8 Å². The van der Waals surface area contributed by atoms with Crippen molar-refractivity contribution < 1.29 is 8.78 Å². The van der Waals surface area contributed by atoms with Gasteiger partial charge in [-0.15, -0.1) is 0 Å². The number of hydrogen-bond donors (Lipinski definition) is 0. The molecule has 0 aliphatic heterocycles. The topological polar surface area (TPSA) is 0 Å². The molecule has 2 aromatic rings. The van der Waals surface area contributed by atoms with Crippen molar-refractivity contribution in [2.45, 2.75) is 4.90 Å². The van der Waals surface area contributed by atoms with E-state index < -0.39 is 0 Å². The maximum absolute atomic E-state index is 13.6. The average molecular weight is 248 g/mol. The minimum absolute atomic E-state index is 0.359. The van der Waals surface area contributed by atoms with Crippen molar-refractivity contribution in [2.24, 2.45) is 0 Å². The van der Waals surface area contributed by atoms with E-state index in [2.05, 4.69) is 0 Å². The Kier molecular flexibility index (Phi) is 3.94. The molecule has 86 valence electrons. The molecule has 0 radical (unpaired) electrons. The summed E-state index contributed by atoms with van der Waals surface area (Å²) in [6.45, 7) is 0. The summed E-state index contributed by atoms with van der Waals surface area (Å²) in [5, 5.41) is -0.359. The largest absolute Gasteiger partial charge is 0.207 e. The molecule has 0 atom stereocenters. The van der Waals surface area contributed by atoms with Gasteiger partial charge in [-0.2, -0.15) is 4.39 Å². The second kappa shape index (κ2) is 5.64. The van der Waals surface area contributed by atoms with E-state index in [1.807, 2.05) is 30.3 Å². The van der Waals surface area contributed by atoms with E-state index in [1.54, 1.807) is 12.1 Å². The van der Waals surface area contributed by atoms with E-state index in [-0.39, 0.29) is 11.0 Å². The summed E-state index contributed by atoms with van der Waals surface area (Å²) in [5.41, 5.74) is 0.786. The van der Waals surface area contributed by atoms with Gasteiger partial charge in [0.2, 0.25) is 0 Å². The molecule has 0 aromatic heterocycles. The van der Waals surface area contributed by atoms with Gasteiger partial charge < -0.3 is 0 Å². The van der Waals surface area contributed by atoms with Gasteiger partial charge in [-0.25, -0.2) is 4.39 Å². The van der Waals surface area contributed by atoms with Gasteiger partial charge in [0, 0.05) is 4.90 Å². The fourth-order valence-corrected chi connectivity index (χ4v) is 2.09. The summed E-state index contributed by atoms with van der Waals surface area (Å²) >= 11 is 0.907. The first kappa shape index (κ1) is 11.9. The zero-order chi connectivity index (χ0) is 12.1. The number of halogens is 2. The van der Waals surface area contributed by atoms with Crippen molar-refractivity contribution in [3.63, 3.8) is 0 Å². The maximum Gasteiger partial charge on any atom is 0.161 e. The second-order valence-corrected chi connectivity index (χ2v) is 4.48. The first-order chi connectivity index (χ1) is 8.24. The molecule has 2 rings (SSSR count). The van der Waals surface area contributed by atoms with Crippen molar-refractivity contribution >= 4 is 17.8 Å². The van der Waals surface area contributed by atoms with Crippen molar-refractivity contribution in [1.82, 2.24) is 0 Å². The van der Waals surface area contributed by atoms with Gasteiger partial charge in [-0.1, -0.05) is 48.2 Å². The van der Waals surface area contributed by atoms with Crippen molar-refractivity contribution in [1.29, 1.82) is 0 Å². The number of thioether (sulfide) groups is 1. The quantitative estimate of drug-likeness (QED) is 0.697. The van der Waals surface area contributed by atoms with Gasteiger partial charge in [0.15, 0.2) is 5.16 Å². The van der Waals surface area contributed by atoms with Crippen LogP contribution in [-0.4, -0.2) is 0 Å². The molecule has 0 aliphatic carbocycles. The first-order valence-electron chi connectivity index (χ1n) is 5.10. The highest BCUT2D eigenvalue weighted by molar-refractivity contribution is 8.03. The standard InChI is InChI=1S/C14H10F2S/c15-12-7-4-8-13(10-12)17-14(16)9-11-5-2-1-3-6-11/h1-10H. The molecule has 0 unspecified atom stereocenters. The van der Waals surface area contributed by atoms with Crippen LogP contribution in [0.2, 0.25) is 0 Å². The van der Waals surface area contributed by atoms with E-state index in [9.17, 15) is 8.78 Å². The third kappa shape index (κ3) is 3.71. The molecule has 0 saturated carbocycles. The van der Waals surface area contributed by atoms with E-state index in [1.165, 1.54) is 18.2 Å². The Labute approximate surface area is 103 Å². The third-order valence-corrected chi connectivity index (χ3v) is 2.89. The van der Waals surface area contributed by atoms with E-state index in [0.717, 1.165) is 17.3 Å². The Bertz CT molecular complexity index is 521. The van der Waals surface area contributed by atoms with Gasteiger partial charge in [0.05, 0.1) is 0 Å². The lowest BCUT2D eigenvalue weighted by molar-refractivity contribution is 0.624. The fraction of sp³-hybridized carbons (Fsp3) is 0. The molecule has 0 heterocycles. The van der Waals surface area contributed by atoms with Gasteiger partial charge in [-0.3, -0.25) is 0 Å². The number of rotatable bonds is 3. The van der Waals surface area contributed by atoms with E-state index in [4.69, 9.17) is 0 Å². The van der Waals surface area contributed by atoms with Crippen LogP contribution in [0.4, 0.5) is 8.78 Å². The summed E-state index contributed by atoms with van der Waals surface area (Å²) < 4.78 is 26.5. The van der Waals surface area contributed by atoms with E-state index >= 15 is 0 Å². The van der Waals surface area contributed by atoms with Gasteiger partial charge in [-0.05, 0) is 29.8 Å². The average Bonchev–Trinajstić information content (AvgIpc) is 2.30. The van der Waals surface area contributed by atoms with Crippen LogP contribution in [0.5, 0.6) is 0 Å². The zero-order valence-corrected chi connectivity index (χ0v) is 9.75. The van der Waals surface area contributed by atoms with Crippen LogP contribution in [0.3, 0.4) is 0 Å². The molecule has 0 saturated heterocycles. The Morgan fingerprint density at radius 1 is 1.00 bits per heavy atom. The lowest BCUT2D eigenvalue weighted by Crippen LogP contribution is -1.76. The third-order valence-electron chi connectivity index (χ3n) is 2.09. The van der Waals surface area contributed by atoms with Gasteiger partial charge in [0.25, 0.3) is 0 Å². The number of hydrogen-bond acceptors (Lipinski definition) is 1. The predicted molar refractivity (Wildman–Crippen MR) is 67.8 cm³/mol. The smallest absolute Gasteiger partial charge is 0.161 e. The van der Waals surface area contributed by atoms with Gasteiger partial charge in [0.1, 0.15) is 5.82 Å². The Balaban J connectivity index is 2.12. The van der Waals surface area contributed by atoms with Crippen molar-refractivity contribution in [3.05, 3.63) is 71.1 Å². The molecule has 0 nitrogen and oxygen atoms in total. The summed E-state index contributed by atoms with van der Waals surface area (Å²) in [6.07, 6.45) is 1.43. The summed E-state index contributed by atoms with van der Waals surface area (Å²) in [4.78, 5) is 0.551. The fourth-order valence-electron chi connectivity index (χ4n) is 1.35. The minimum atomic E-state index is -0.359. The summed E-state index contributed by atoms with van der Waals surface area (Å²) in [5.74, 6) is -0.359. The maximum atomic E-state index is 13.6. The van der Waals surface area contributed by atoms with Gasteiger partial charge >= 0.3 is 0 Å². The lowest BCUT2D eigenvalue weighted by Gasteiger charge is -1.99. The Morgan fingerprint density at radius 2 is 1.76 bits per heavy atom. The molecule has 0 spiro atoms. The van der Waals surface area contributed by atoms with Crippen LogP contribution in [0.25, 0.3) is 6.08 Å². The molecule has 0 N–H and O–H groups in total. The highest BCUT2D eigenvalue weighted by atomic mass is 32.2. The SMILES string of the molecule is FC(=Cc1ccccc1)Sc1cccc(F)c1. The number of benzene rings is 2. The molecular formula is C14H10F2S. The molecule has 17 heavy (non-hydrogen) atoms. The Morgan fingerprint density at radius 3 is 2.47 bits per heavy atom. The molecule has 0 amide bonds. The normalized spacial score (nSPS) is 11.5. The molecule has 2 aromatic carbocycles. The second-order valence-electron chi connectivity index (χ2n) is 3.42. The summed E-state index contributed by atoms with van der Waals surface area (Å²) in [7, 11) is 0. The van der Waals surface area contributed by atoms with Crippen LogP contribution in [-0.2, 0) is 0 Å². The molecule has 0 fully saturated rings. The Hall–Kier alpha value is -1.61.